The molecule has 1 heterocycles. The van der Waals surface area contributed by atoms with Crippen molar-refractivity contribution in [3.63, 3.8) is 0 Å². The molecule has 0 spiro atoms. The van der Waals surface area contributed by atoms with E-state index < -0.39 is 0 Å². The van der Waals surface area contributed by atoms with Gasteiger partial charge in [0.2, 0.25) is 5.89 Å². The van der Waals surface area contributed by atoms with Gasteiger partial charge in [0.25, 0.3) is 0 Å². The molecule has 0 unspecified atom stereocenters. The van der Waals surface area contributed by atoms with Crippen LogP contribution in [0, 0.1) is 0 Å². The van der Waals surface area contributed by atoms with Crippen LogP contribution < -0.4 is 10.5 Å². The first kappa shape index (κ1) is 9.73. The highest BCUT2D eigenvalue weighted by atomic mass is 16.5. The van der Waals surface area contributed by atoms with E-state index in [1.165, 1.54) is 0 Å². The summed E-state index contributed by atoms with van der Waals surface area (Å²) in [7, 11) is 1.62. The van der Waals surface area contributed by atoms with Gasteiger partial charge in [0.15, 0.2) is 5.76 Å². The fraction of sp³-hybridized carbons (Fsp3) is 0.182. The summed E-state index contributed by atoms with van der Waals surface area (Å²) < 4.78 is 10.7. The van der Waals surface area contributed by atoms with Gasteiger partial charge in [0.05, 0.1) is 25.4 Å². The van der Waals surface area contributed by atoms with Crippen molar-refractivity contribution in [1.29, 1.82) is 0 Å². The highest BCUT2D eigenvalue weighted by molar-refractivity contribution is 5.64. The van der Waals surface area contributed by atoms with Crippen molar-refractivity contribution in [2.75, 3.05) is 7.11 Å². The third-order valence-electron chi connectivity index (χ3n) is 2.10. The topological polar surface area (TPSA) is 61.3 Å². The van der Waals surface area contributed by atoms with E-state index in [4.69, 9.17) is 14.9 Å². The van der Waals surface area contributed by atoms with Gasteiger partial charge in [-0.1, -0.05) is 12.1 Å². The summed E-state index contributed by atoms with van der Waals surface area (Å²) in [6, 6.07) is 7.62. The smallest absolute Gasteiger partial charge is 0.208 e. The van der Waals surface area contributed by atoms with Crippen molar-refractivity contribution in [3.05, 3.63) is 36.4 Å². The molecule has 1 aromatic heterocycles. The van der Waals surface area contributed by atoms with Gasteiger partial charge < -0.3 is 14.9 Å². The highest BCUT2D eigenvalue weighted by Gasteiger charge is 2.09. The number of methoxy groups -OCH3 is 1. The second kappa shape index (κ2) is 4.14. The van der Waals surface area contributed by atoms with Crippen LogP contribution in [0.25, 0.3) is 11.3 Å². The summed E-state index contributed by atoms with van der Waals surface area (Å²) in [5.74, 6) is 1.96. The Morgan fingerprint density at radius 3 is 2.87 bits per heavy atom. The maximum absolute atomic E-state index is 5.45. The number of hydrogen-bond acceptors (Lipinski definition) is 4. The van der Waals surface area contributed by atoms with Crippen LogP contribution in [-0.4, -0.2) is 12.1 Å². The first-order valence-corrected chi connectivity index (χ1v) is 4.63. The molecule has 0 saturated carbocycles. The lowest BCUT2D eigenvalue weighted by atomic mass is 10.1. The Morgan fingerprint density at radius 2 is 2.20 bits per heavy atom. The molecule has 0 bridgehead atoms. The van der Waals surface area contributed by atoms with Crippen LogP contribution in [0.3, 0.4) is 0 Å². The number of oxazole rings is 1. The minimum absolute atomic E-state index is 0.301. The zero-order valence-corrected chi connectivity index (χ0v) is 8.43. The fourth-order valence-electron chi connectivity index (χ4n) is 1.38. The van der Waals surface area contributed by atoms with E-state index in [1.807, 2.05) is 24.3 Å². The Kier molecular flexibility index (Phi) is 2.69. The van der Waals surface area contributed by atoms with Crippen LogP contribution in [0.4, 0.5) is 0 Å². The van der Waals surface area contributed by atoms with Crippen molar-refractivity contribution in [2.24, 2.45) is 5.73 Å². The molecule has 2 aromatic rings. The van der Waals surface area contributed by atoms with Crippen molar-refractivity contribution in [2.45, 2.75) is 6.54 Å². The van der Waals surface area contributed by atoms with Crippen LogP contribution in [0.15, 0.2) is 34.9 Å². The lowest BCUT2D eigenvalue weighted by Gasteiger charge is -2.04. The zero-order chi connectivity index (χ0) is 10.7. The van der Waals surface area contributed by atoms with Gasteiger partial charge in [-0.25, -0.2) is 4.98 Å². The third-order valence-corrected chi connectivity index (χ3v) is 2.10. The molecule has 78 valence electrons. The molecule has 0 atom stereocenters. The summed E-state index contributed by atoms with van der Waals surface area (Å²) >= 11 is 0. The molecule has 0 aliphatic rings. The molecule has 15 heavy (non-hydrogen) atoms. The Labute approximate surface area is 87.7 Å². The number of benzene rings is 1. The van der Waals surface area contributed by atoms with Gasteiger partial charge in [0.1, 0.15) is 5.75 Å². The number of para-hydroxylation sites is 1. The van der Waals surface area contributed by atoms with E-state index in [0.717, 1.165) is 11.3 Å². The largest absolute Gasteiger partial charge is 0.496 e. The van der Waals surface area contributed by atoms with Crippen LogP contribution in [0.1, 0.15) is 5.89 Å². The van der Waals surface area contributed by atoms with Crippen molar-refractivity contribution in [1.82, 2.24) is 4.98 Å². The highest BCUT2D eigenvalue weighted by Crippen LogP contribution is 2.29. The monoisotopic (exact) mass is 204 g/mol. The lowest BCUT2D eigenvalue weighted by molar-refractivity contribution is 0.414. The zero-order valence-electron chi connectivity index (χ0n) is 8.43. The summed E-state index contributed by atoms with van der Waals surface area (Å²) in [4.78, 5) is 4.04. The number of ether oxygens (including phenoxy) is 1. The maximum Gasteiger partial charge on any atom is 0.208 e. The second-order valence-corrected chi connectivity index (χ2v) is 3.02. The first-order chi connectivity index (χ1) is 7.35. The van der Waals surface area contributed by atoms with E-state index >= 15 is 0 Å². The molecule has 2 rings (SSSR count). The molecule has 0 amide bonds. The molecule has 2 N–H and O–H groups in total. The van der Waals surface area contributed by atoms with Gasteiger partial charge in [0, 0.05) is 0 Å². The molecule has 0 radical (unpaired) electrons. The second-order valence-electron chi connectivity index (χ2n) is 3.02. The van der Waals surface area contributed by atoms with Crippen molar-refractivity contribution < 1.29 is 9.15 Å². The van der Waals surface area contributed by atoms with E-state index in [-0.39, 0.29) is 0 Å². The number of rotatable bonds is 3. The number of nitrogens with two attached hydrogens (primary N) is 1. The summed E-state index contributed by atoms with van der Waals surface area (Å²) in [5, 5.41) is 0. The van der Waals surface area contributed by atoms with Gasteiger partial charge in [-0.15, -0.1) is 0 Å². The number of nitrogens with zero attached hydrogens (tertiary/aromatic N) is 1. The van der Waals surface area contributed by atoms with E-state index in [2.05, 4.69) is 4.98 Å². The van der Waals surface area contributed by atoms with E-state index in [0.29, 0.717) is 18.2 Å². The SMILES string of the molecule is COc1ccccc1-c1cnc(CN)o1. The van der Waals surface area contributed by atoms with E-state index in [9.17, 15) is 0 Å². The van der Waals surface area contributed by atoms with Crippen molar-refractivity contribution in [3.8, 4) is 17.1 Å². The van der Waals surface area contributed by atoms with E-state index in [1.54, 1.807) is 13.3 Å². The molecule has 0 aliphatic heterocycles. The predicted molar refractivity (Wildman–Crippen MR) is 56.4 cm³/mol. The van der Waals surface area contributed by atoms with Gasteiger partial charge in [-0.05, 0) is 12.1 Å². The van der Waals surface area contributed by atoms with Gasteiger partial charge in [-0.2, -0.15) is 0 Å². The summed E-state index contributed by atoms with van der Waals surface area (Å²) in [6.07, 6.45) is 1.65. The van der Waals surface area contributed by atoms with Gasteiger partial charge in [-0.3, -0.25) is 0 Å². The molecule has 4 nitrogen and oxygen atoms in total. The standard InChI is InChI=1S/C11H12N2O2/c1-14-9-5-3-2-4-8(9)10-7-13-11(6-12)15-10/h2-5,7H,6,12H2,1H3. The fourth-order valence-corrected chi connectivity index (χ4v) is 1.38. The molecular formula is C11H12N2O2. The summed E-state index contributed by atoms with van der Waals surface area (Å²) in [5.41, 5.74) is 6.31. The summed E-state index contributed by atoms with van der Waals surface area (Å²) in [6.45, 7) is 0.301. The van der Waals surface area contributed by atoms with Crippen molar-refractivity contribution >= 4 is 0 Å². The first-order valence-electron chi connectivity index (χ1n) is 4.63. The normalized spacial score (nSPS) is 10.3. The molecule has 1 aromatic carbocycles. The molecule has 0 aliphatic carbocycles. The lowest BCUT2D eigenvalue weighted by Crippen LogP contribution is -1.94. The average molecular weight is 204 g/mol. The minimum Gasteiger partial charge on any atom is -0.496 e. The van der Waals surface area contributed by atoms with Crippen LogP contribution in [0.2, 0.25) is 0 Å². The Bertz CT molecular complexity index is 451. The minimum atomic E-state index is 0.301. The van der Waals surface area contributed by atoms with Crippen LogP contribution >= 0.6 is 0 Å². The average Bonchev–Trinajstić information content (AvgIpc) is 2.77. The molecule has 0 fully saturated rings. The molecular weight excluding hydrogens is 192 g/mol. The molecule has 4 heteroatoms. The predicted octanol–water partition coefficient (Wildman–Crippen LogP) is 1.81. The number of aromatic nitrogens is 1. The van der Waals surface area contributed by atoms with Crippen LogP contribution in [-0.2, 0) is 6.54 Å². The Balaban J connectivity index is 2.44. The maximum atomic E-state index is 5.45. The third kappa shape index (κ3) is 1.85. The van der Waals surface area contributed by atoms with Gasteiger partial charge >= 0.3 is 0 Å². The number of hydrogen-bond donors (Lipinski definition) is 1. The quantitative estimate of drug-likeness (QED) is 0.828. The molecule has 0 saturated heterocycles. The Hall–Kier alpha value is -1.81. The Morgan fingerprint density at radius 1 is 1.40 bits per heavy atom. The van der Waals surface area contributed by atoms with Crippen LogP contribution in [0.5, 0.6) is 5.75 Å².